The van der Waals surface area contributed by atoms with E-state index in [4.69, 9.17) is 5.10 Å². The highest BCUT2D eigenvalue weighted by Gasteiger charge is 2.17. The summed E-state index contributed by atoms with van der Waals surface area (Å²) in [4.78, 5) is 22.0. The van der Waals surface area contributed by atoms with Gasteiger partial charge in [0, 0.05) is 17.3 Å². The summed E-state index contributed by atoms with van der Waals surface area (Å²) in [5.41, 5.74) is 6.51. The van der Waals surface area contributed by atoms with E-state index in [1.807, 2.05) is 73.3 Å². The third kappa shape index (κ3) is 3.43. The van der Waals surface area contributed by atoms with Gasteiger partial charge >= 0.3 is 0 Å². The lowest BCUT2D eigenvalue weighted by Gasteiger charge is -2.08. The van der Waals surface area contributed by atoms with Crippen molar-refractivity contribution in [2.75, 3.05) is 5.32 Å². The Morgan fingerprint density at radius 1 is 1.16 bits per heavy atom. The lowest BCUT2D eigenvalue weighted by Crippen LogP contribution is -2.14. The van der Waals surface area contributed by atoms with Gasteiger partial charge in [0.15, 0.2) is 0 Å². The highest BCUT2D eigenvalue weighted by Crippen LogP contribution is 2.27. The van der Waals surface area contributed by atoms with Gasteiger partial charge in [-0.2, -0.15) is 5.10 Å². The molecule has 1 aromatic carbocycles. The number of carbonyl (C=O) groups excluding carboxylic acids is 1. The molecule has 0 saturated carbocycles. The predicted molar refractivity (Wildman–Crippen MR) is 126 cm³/mol. The minimum Gasteiger partial charge on any atom is -0.320 e. The smallest absolute Gasteiger partial charge is 0.274 e. The molecule has 1 amide bonds. The first-order valence-corrected chi connectivity index (χ1v) is 10.3. The Hall–Kier alpha value is -4.26. The molecule has 5 rings (SSSR count). The van der Waals surface area contributed by atoms with Crippen molar-refractivity contribution in [1.82, 2.24) is 24.1 Å². The van der Waals surface area contributed by atoms with Crippen LogP contribution in [0.5, 0.6) is 0 Å². The first-order chi connectivity index (χ1) is 15.5. The van der Waals surface area contributed by atoms with Crippen molar-refractivity contribution in [3.8, 4) is 0 Å². The molecular weight excluding hydrogens is 400 g/mol. The molecule has 32 heavy (non-hydrogen) atoms. The highest BCUT2D eigenvalue weighted by atomic mass is 16.1. The van der Waals surface area contributed by atoms with Crippen molar-refractivity contribution in [2.24, 2.45) is 0 Å². The van der Waals surface area contributed by atoms with Crippen molar-refractivity contribution in [2.45, 2.75) is 20.4 Å². The van der Waals surface area contributed by atoms with Gasteiger partial charge < -0.3 is 5.32 Å². The fourth-order valence-corrected chi connectivity index (χ4v) is 3.96. The maximum atomic E-state index is 13.1. The Morgan fingerprint density at radius 2 is 2.00 bits per heavy atom. The molecule has 0 radical (unpaired) electrons. The largest absolute Gasteiger partial charge is 0.320 e. The van der Waals surface area contributed by atoms with Crippen LogP contribution in [0.1, 0.15) is 33.1 Å². The summed E-state index contributed by atoms with van der Waals surface area (Å²) in [7, 11) is 0. The normalized spacial score (nSPS) is 11.2. The van der Waals surface area contributed by atoms with Gasteiger partial charge in [0.2, 0.25) is 0 Å². The Kier molecular flexibility index (Phi) is 4.78. The number of imidazole rings is 1. The van der Waals surface area contributed by atoms with Crippen molar-refractivity contribution < 1.29 is 4.79 Å². The molecule has 5 aromatic rings. The molecule has 7 heteroatoms. The molecule has 0 atom stereocenters. The number of aryl methyl sites for hydroxylation is 2. The monoisotopic (exact) mass is 422 g/mol. The van der Waals surface area contributed by atoms with E-state index in [-0.39, 0.29) is 5.91 Å². The number of fused-ring (bicyclic) bond motifs is 2. The van der Waals surface area contributed by atoms with Gasteiger partial charge in [-0.1, -0.05) is 24.8 Å². The zero-order valence-electron chi connectivity index (χ0n) is 17.9. The number of nitrogens with zero attached hydrogens (tertiary/aromatic N) is 5. The average Bonchev–Trinajstić information content (AvgIpc) is 3.35. The second-order valence-electron chi connectivity index (χ2n) is 7.70. The fourth-order valence-electron chi connectivity index (χ4n) is 3.96. The van der Waals surface area contributed by atoms with Crippen molar-refractivity contribution in [3.63, 3.8) is 0 Å². The standard InChI is InChI=1S/C25H22N6O/c1-4-18-11-12-30-22(14-26-23(30)13-18)25(32)28-20-9-6-10-21-24(20)17(3)29-31(21)15-19-8-5-7-16(2)27-19/h4-14H,1,15H2,2-3H3,(H,28,32). The minimum absolute atomic E-state index is 0.233. The van der Waals surface area contributed by atoms with Crippen LogP contribution in [0.4, 0.5) is 5.69 Å². The molecule has 4 heterocycles. The number of rotatable bonds is 5. The number of nitrogens with one attached hydrogen (secondary N) is 1. The highest BCUT2D eigenvalue weighted by molar-refractivity contribution is 6.08. The molecule has 0 unspecified atom stereocenters. The second kappa shape index (κ2) is 7.77. The van der Waals surface area contributed by atoms with Gasteiger partial charge in [-0.25, -0.2) is 4.98 Å². The SMILES string of the molecule is C=Cc1ccn2c(C(=O)Nc3cccc4c3c(C)nn4Cc3cccc(C)n3)cnc2c1. The molecule has 0 bridgehead atoms. The number of aromatic nitrogens is 5. The minimum atomic E-state index is -0.233. The number of pyridine rings is 2. The van der Waals surface area contributed by atoms with Crippen LogP contribution in [-0.2, 0) is 6.54 Å². The molecular formula is C25H22N6O. The average molecular weight is 422 g/mol. The zero-order valence-corrected chi connectivity index (χ0v) is 17.9. The van der Waals surface area contributed by atoms with Gasteiger partial charge in [0.25, 0.3) is 5.91 Å². The van der Waals surface area contributed by atoms with Crippen LogP contribution in [0.15, 0.2) is 67.5 Å². The number of carbonyl (C=O) groups is 1. The summed E-state index contributed by atoms with van der Waals surface area (Å²) in [6, 6.07) is 15.6. The Balaban J connectivity index is 1.49. The van der Waals surface area contributed by atoms with Crippen LogP contribution in [0.2, 0.25) is 0 Å². The predicted octanol–water partition coefficient (Wildman–Crippen LogP) is 4.64. The number of hydrogen-bond acceptors (Lipinski definition) is 4. The van der Waals surface area contributed by atoms with E-state index in [1.165, 1.54) is 0 Å². The van der Waals surface area contributed by atoms with Crippen LogP contribution in [0.3, 0.4) is 0 Å². The number of benzene rings is 1. The summed E-state index contributed by atoms with van der Waals surface area (Å²) in [5.74, 6) is -0.233. The molecule has 0 aliphatic carbocycles. The Morgan fingerprint density at radius 3 is 2.81 bits per heavy atom. The summed E-state index contributed by atoms with van der Waals surface area (Å²) in [5, 5.41) is 8.67. The Bertz CT molecular complexity index is 1490. The van der Waals surface area contributed by atoms with E-state index in [2.05, 4.69) is 21.9 Å². The van der Waals surface area contributed by atoms with Crippen LogP contribution in [0.25, 0.3) is 22.6 Å². The number of hydrogen-bond donors (Lipinski definition) is 1. The summed E-state index contributed by atoms with van der Waals surface area (Å²) in [6.45, 7) is 8.26. The van der Waals surface area contributed by atoms with Gasteiger partial charge in [-0.3, -0.25) is 18.9 Å². The summed E-state index contributed by atoms with van der Waals surface area (Å²) in [6.07, 6.45) is 5.16. The number of amides is 1. The lowest BCUT2D eigenvalue weighted by atomic mass is 10.1. The van der Waals surface area contributed by atoms with E-state index in [9.17, 15) is 4.79 Å². The first-order valence-electron chi connectivity index (χ1n) is 10.3. The van der Waals surface area contributed by atoms with Crippen LogP contribution >= 0.6 is 0 Å². The Labute approximate surface area is 185 Å². The molecule has 0 aliphatic heterocycles. The van der Waals surface area contributed by atoms with Gasteiger partial charge in [-0.05, 0) is 55.8 Å². The van der Waals surface area contributed by atoms with E-state index in [0.717, 1.165) is 33.5 Å². The van der Waals surface area contributed by atoms with Crippen molar-refractivity contribution in [3.05, 3.63) is 95.8 Å². The first kappa shape index (κ1) is 19.7. The molecule has 0 spiro atoms. The molecule has 0 aliphatic rings. The van der Waals surface area contributed by atoms with Crippen molar-refractivity contribution in [1.29, 1.82) is 0 Å². The summed E-state index contributed by atoms with van der Waals surface area (Å²) >= 11 is 0. The van der Waals surface area contributed by atoms with E-state index in [0.29, 0.717) is 23.6 Å². The molecule has 0 saturated heterocycles. The van der Waals surface area contributed by atoms with E-state index in [1.54, 1.807) is 16.7 Å². The van der Waals surface area contributed by atoms with E-state index < -0.39 is 0 Å². The van der Waals surface area contributed by atoms with E-state index >= 15 is 0 Å². The maximum Gasteiger partial charge on any atom is 0.274 e. The summed E-state index contributed by atoms with van der Waals surface area (Å²) < 4.78 is 3.69. The molecule has 0 fully saturated rings. The second-order valence-corrected chi connectivity index (χ2v) is 7.70. The van der Waals surface area contributed by atoms with Crippen LogP contribution in [0, 0.1) is 13.8 Å². The van der Waals surface area contributed by atoms with Crippen LogP contribution in [-0.4, -0.2) is 30.1 Å². The maximum absolute atomic E-state index is 13.1. The zero-order chi connectivity index (χ0) is 22.2. The fraction of sp³-hybridized carbons (Fsp3) is 0.120. The molecule has 1 N–H and O–H groups in total. The molecule has 158 valence electrons. The molecule has 4 aromatic heterocycles. The van der Waals surface area contributed by atoms with Gasteiger partial charge in [-0.15, -0.1) is 0 Å². The van der Waals surface area contributed by atoms with Crippen molar-refractivity contribution >= 4 is 34.2 Å². The third-order valence-electron chi connectivity index (χ3n) is 5.46. The molecule has 7 nitrogen and oxygen atoms in total. The van der Waals surface area contributed by atoms with Crippen LogP contribution < -0.4 is 5.32 Å². The van der Waals surface area contributed by atoms with Gasteiger partial charge in [0.1, 0.15) is 11.3 Å². The third-order valence-corrected chi connectivity index (χ3v) is 5.46. The lowest BCUT2D eigenvalue weighted by molar-refractivity contribution is 0.102. The quantitative estimate of drug-likeness (QED) is 0.448. The topological polar surface area (TPSA) is 77.1 Å². The van der Waals surface area contributed by atoms with Gasteiger partial charge in [0.05, 0.1) is 35.3 Å². The number of anilines is 1.